The minimum Gasteiger partial charge on any atom is -0.358 e. The lowest BCUT2D eigenvalue weighted by Crippen LogP contribution is -2.48. The summed E-state index contributed by atoms with van der Waals surface area (Å²) in [6.07, 6.45) is 5.01. The van der Waals surface area contributed by atoms with Gasteiger partial charge in [-0.05, 0) is 0 Å². The van der Waals surface area contributed by atoms with Crippen LogP contribution in [0.4, 0.5) is 5.82 Å². The molecule has 100 valence electrons. The largest absolute Gasteiger partial charge is 0.358 e. The van der Waals surface area contributed by atoms with E-state index in [1.807, 2.05) is 4.90 Å². The Kier molecular flexibility index (Phi) is 3.23. The van der Waals surface area contributed by atoms with Crippen LogP contribution in [0.5, 0.6) is 0 Å². The fourth-order valence-electron chi connectivity index (χ4n) is 2.07. The third kappa shape index (κ3) is 2.48. The molecule has 1 aliphatic rings. The van der Waals surface area contributed by atoms with Crippen molar-refractivity contribution in [2.24, 2.45) is 0 Å². The highest BCUT2D eigenvalue weighted by molar-refractivity contribution is 5.81. The molecule has 1 fully saturated rings. The zero-order valence-corrected chi connectivity index (χ0v) is 10.4. The maximum atomic E-state index is 12.0. The van der Waals surface area contributed by atoms with Gasteiger partial charge < -0.3 is 15.5 Å². The molecule has 3 heterocycles. The van der Waals surface area contributed by atoms with E-state index in [2.05, 4.69) is 25.8 Å². The molecule has 8 nitrogen and oxygen atoms in total. The standard InChI is InChI=1S/C11H15N7O/c19-9(17-4-1-12-2-5-17)7-14-10-11-16-15-8-18(11)6-3-13-10/h3,6,8,12H,1-2,4-5,7H2,(H,13,14). The third-order valence-electron chi connectivity index (χ3n) is 3.09. The zero-order chi connectivity index (χ0) is 13.1. The van der Waals surface area contributed by atoms with Crippen LogP contribution in [0.1, 0.15) is 0 Å². The number of carbonyl (C=O) groups is 1. The van der Waals surface area contributed by atoms with Crippen LogP contribution in [0.3, 0.4) is 0 Å². The number of nitrogens with one attached hydrogen (secondary N) is 2. The number of hydrogen-bond acceptors (Lipinski definition) is 6. The number of fused-ring (bicyclic) bond motifs is 1. The second-order valence-electron chi connectivity index (χ2n) is 4.32. The molecular formula is C11H15N7O. The average Bonchev–Trinajstić information content (AvgIpc) is 2.94. The summed E-state index contributed by atoms with van der Waals surface area (Å²) < 4.78 is 1.75. The molecule has 1 saturated heterocycles. The normalized spacial score (nSPS) is 15.7. The maximum Gasteiger partial charge on any atom is 0.242 e. The Morgan fingerprint density at radius 3 is 3.11 bits per heavy atom. The van der Waals surface area contributed by atoms with Gasteiger partial charge in [-0.2, -0.15) is 0 Å². The molecule has 1 amide bonds. The monoisotopic (exact) mass is 261 g/mol. The van der Waals surface area contributed by atoms with Gasteiger partial charge in [0.05, 0.1) is 6.54 Å². The topological polar surface area (TPSA) is 87.5 Å². The quantitative estimate of drug-likeness (QED) is 0.734. The Bertz CT molecular complexity index is 575. The Balaban J connectivity index is 1.65. The molecule has 0 atom stereocenters. The lowest BCUT2D eigenvalue weighted by Gasteiger charge is -2.27. The summed E-state index contributed by atoms with van der Waals surface area (Å²) in [5.74, 6) is 0.647. The molecular weight excluding hydrogens is 246 g/mol. The first-order valence-corrected chi connectivity index (χ1v) is 6.21. The van der Waals surface area contributed by atoms with Crippen molar-refractivity contribution in [3.63, 3.8) is 0 Å². The van der Waals surface area contributed by atoms with Crippen LogP contribution in [0.2, 0.25) is 0 Å². The second-order valence-corrected chi connectivity index (χ2v) is 4.32. The summed E-state index contributed by atoms with van der Waals surface area (Å²) in [6.45, 7) is 3.43. The Morgan fingerprint density at radius 2 is 2.26 bits per heavy atom. The van der Waals surface area contributed by atoms with Gasteiger partial charge in [0.2, 0.25) is 11.6 Å². The molecule has 0 radical (unpaired) electrons. The van der Waals surface area contributed by atoms with E-state index in [1.54, 1.807) is 23.1 Å². The highest BCUT2D eigenvalue weighted by Crippen LogP contribution is 2.09. The number of rotatable bonds is 3. The Morgan fingerprint density at radius 1 is 1.42 bits per heavy atom. The fourth-order valence-corrected chi connectivity index (χ4v) is 2.07. The van der Waals surface area contributed by atoms with Gasteiger partial charge in [-0.25, -0.2) is 4.98 Å². The second kappa shape index (κ2) is 5.19. The molecule has 1 aliphatic heterocycles. The van der Waals surface area contributed by atoms with E-state index in [0.717, 1.165) is 26.2 Å². The molecule has 3 rings (SSSR count). The van der Waals surface area contributed by atoms with E-state index < -0.39 is 0 Å². The van der Waals surface area contributed by atoms with E-state index in [4.69, 9.17) is 0 Å². The van der Waals surface area contributed by atoms with E-state index >= 15 is 0 Å². The molecule has 0 aliphatic carbocycles. The summed E-state index contributed by atoms with van der Waals surface area (Å²) in [5, 5.41) is 14.0. The van der Waals surface area contributed by atoms with Gasteiger partial charge in [-0.15, -0.1) is 10.2 Å². The van der Waals surface area contributed by atoms with Crippen molar-refractivity contribution >= 4 is 17.4 Å². The van der Waals surface area contributed by atoms with Crippen LogP contribution in [-0.2, 0) is 4.79 Å². The molecule has 2 aromatic rings. The van der Waals surface area contributed by atoms with E-state index in [-0.39, 0.29) is 12.5 Å². The van der Waals surface area contributed by atoms with Gasteiger partial charge >= 0.3 is 0 Å². The molecule has 2 aromatic heterocycles. The molecule has 19 heavy (non-hydrogen) atoms. The van der Waals surface area contributed by atoms with Crippen molar-refractivity contribution in [1.29, 1.82) is 0 Å². The molecule has 0 saturated carbocycles. The average molecular weight is 261 g/mol. The first kappa shape index (κ1) is 11.8. The summed E-state index contributed by atoms with van der Waals surface area (Å²) in [5.41, 5.74) is 0.621. The molecule has 0 spiro atoms. The minimum absolute atomic E-state index is 0.0739. The smallest absolute Gasteiger partial charge is 0.242 e. The number of aromatic nitrogens is 4. The number of amides is 1. The van der Waals surface area contributed by atoms with Gasteiger partial charge in [-0.1, -0.05) is 0 Å². The van der Waals surface area contributed by atoms with Crippen molar-refractivity contribution in [3.05, 3.63) is 18.7 Å². The number of carbonyl (C=O) groups excluding carboxylic acids is 1. The van der Waals surface area contributed by atoms with Crippen LogP contribution in [0.25, 0.3) is 5.65 Å². The van der Waals surface area contributed by atoms with Gasteiger partial charge in [0.25, 0.3) is 0 Å². The van der Waals surface area contributed by atoms with Gasteiger partial charge in [0.1, 0.15) is 6.33 Å². The van der Waals surface area contributed by atoms with Crippen molar-refractivity contribution in [2.45, 2.75) is 0 Å². The summed E-state index contributed by atoms with van der Waals surface area (Å²) in [4.78, 5) is 18.0. The number of nitrogens with zero attached hydrogens (tertiary/aromatic N) is 5. The van der Waals surface area contributed by atoms with Crippen molar-refractivity contribution in [2.75, 3.05) is 38.0 Å². The molecule has 2 N–H and O–H groups in total. The number of hydrogen-bond donors (Lipinski definition) is 2. The maximum absolute atomic E-state index is 12.0. The Hall–Kier alpha value is -2.22. The first-order valence-electron chi connectivity index (χ1n) is 6.21. The SMILES string of the molecule is O=C(CNc1nccn2cnnc12)N1CCNCC1. The fraction of sp³-hybridized carbons (Fsp3) is 0.455. The van der Waals surface area contributed by atoms with Gasteiger partial charge in [0, 0.05) is 38.6 Å². The molecule has 8 heteroatoms. The molecule has 0 bridgehead atoms. The summed E-state index contributed by atoms with van der Waals surface area (Å²) in [6, 6.07) is 0. The van der Waals surface area contributed by atoms with E-state index in [1.165, 1.54) is 0 Å². The van der Waals surface area contributed by atoms with E-state index in [0.29, 0.717) is 11.5 Å². The zero-order valence-electron chi connectivity index (χ0n) is 10.4. The van der Waals surface area contributed by atoms with Crippen molar-refractivity contribution in [3.8, 4) is 0 Å². The Labute approximate surface area is 109 Å². The predicted octanol–water partition coefficient (Wildman–Crippen LogP) is -1.03. The van der Waals surface area contributed by atoms with Crippen molar-refractivity contribution in [1.82, 2.24) is 29.8 Å². The highest BCUT2D eigenvalue weighted by Gasteiger charge is 2.16. The lowest BCUT2D eigenvalue weighted by atomic mass is 10.3. The predicted molar refractivity (Wildman–Crippen MR) is 68.7 cm³/mol. The van der Waals surface area contributed by atoms with Crippen LogP contribution < -0.4 is 10.6 Å². The van der Waals surface area contributed by atoms with Crippen molar-refractivity contribution < 1.29 is 4.79 Å². The van der Waals surface area contributed by atoms with Crippen LogP contribution >= 0.6 is 0 Å². The lowest BCUT2D eigenvalue weighted by molar-refractivity contribution is -0.129. The van der Waals surface area contributed by atoms with Crippen LogP contribution in [0, 0.1) is 0 Å². The van der Waals surface area contributed by atoms with Gasteiger partial charge in [-0.3, -0.25) is 9.20 Å². The number of piperazine rings is 1. The molecule has 0 aromatic carbocycles. The highest BCUT2D eigenvalue weighted by atomic mass is 16.2. The number of anilines is 1. The summed E-state index contributed by atoms with van der Waals surface area (Å²) in [7, 11) is 0. The van der Waals surface area contributed by atoms with E-state index in [9.17, 15) is 4.79 Å². The molecule has 0 unspecified atom stereocenters. The third-order valence-corrected chi connectivity index (χ3v) is 3.09. The summed E-state index contributed by atoms with van der Waals surface area (Å²) >= 11 is 0. The van der Waals surface area contributed by atoms with Crippen LogP contribution in [0.15, 0.2) is 18.7 Å². The van der Waals surface area contributed by atoms with Gasteiger partial charge in [0.15, 0.2) is 5.82 Å². The van der Waals surface area contributed by atoms with Crippen LogP contribution in [-0.4, -0.2) is 63.1 Å². The minimum atomic E-state index is 0.0739. The first-order chi connectivity index (χ1) is 9.34.